The van der Waals surface area contributed by atoms with E-state index in [1.54, 1.807) is 24.3 Å². The number of likely N-dealkylation sites (tertiary alicyclic amines) is 1. The van der Waals surface area contributed by atoms with Crippen molar-refractivity contribution in [1.29, 1.82) is 0 Å². The van der Waals surface area contributed by atoms with E-state index in [2.05, 4.69) is 14.8 Å². The summed E-state index contributed by atoms with van der Waals surface area (Å²) in [6.45, 7) is 4.95. The first kappa shape index (κ1) is 28.8. The number of amides is 2. The van der Waals surface area contributed by atoms with Crippen molar-refractivity contribution in [2.75, 3.05) is 44.3 Å². The molecule has 2 aromatic carbocycles. The first-order valence-electron chi connectivity index (χ1n) is 14.5. The summed E-state index contributed by atoms with van der Waals surface area (Å²) in [4.78, 5) is 46.2. The van der Waals surface area contributed by atoms with Gasteiger partial charge in [0.2, 0.25) is 5.91 Å². The molecule has 3 aliphatic heterocycles. The van der Waals surface area contributed by atoms with E-state index in [1.807, 2.05) is 18.2 Å². The van der Waals surface area contributed by atoms with Crippen LogP contribution in [-0.4, -0.2) is 89.2 Å². The number of aromatic nitrogens is 1. The molecule has 43 heavy (non-hydrogen) atoms. The fourth-order valence-electron chi connectivity index (χ4n) is 6.14. The van der Waals surface area contributed by atoms with E-state index >= 15 is 4.39 Å². The van der Waals surface area contributed by atoms with Crippen molar-refractivity contribution in [3.63, 3.8) is 0 Å². The third-order valence-corrected chi connectivity index (χ3v) is 8.31. The maximum Gasteiger partial charge on any atom is 0.303 e. The smallest absolute Gasteiger partial charge is 0.303 e. The highest BCUT2D eigenvalue weighted by Gasteiger charge is 2.36. The minimum atomic E-state index is -1.06. The van der Waals surface area contributed by atoms with Crippen molar-refractivity contribution in [1.82, 2.24) is 14.8 Å². The number of carboxylic acid groups (broad SMARTS) is 1. The number of carboxylic acids is 1. The highest BCUT2D eigenvalue weighted by atomic mass is 19.1. The summed E-state index contributed by atoms with van der Waals surface area (Å²) in [5, 5.41) is 9.77. The molecule has 12 heteroatoms. The number of carbonyl (C=O) groups is 3. The number of pyridine rings is 1. The normalized spacial score (nSPS) is 19.6. The van der Waals surface area contributed by atoms with Crippen molar-refractivity contribution in [2.24, 2.45) is 5.73 Å². The van der Waals surface area contributed by atoms with E-state index in [4.69, 9.17) is 20.3 Å². The van der Waals surface area contributed by atoms with Crippen LogP contribution in [0.5, 0.6) is 5.75 Å². The van der Waals surface area contributed by atoms with Crippen LogP contribution in [0.3, 0.4) is 0 Å². The van der Waals surface area contributed by atoms with Gasteiger partial charge >= 0.3 is 5.97 Å². The average molecular weight is 592 g/mol. The number of rotatable bonds is 10. The second kappa shape index (κ2) is 12.1. The molecule has 2 amide bonds. The third kappa shape index (κ3) is 6.25. The Morgan fingerprint density at radius 1 is 1.14 bits per heavy atom. The van der Waals surface area contributed by atoms with E-state index in [0.717, 1.165) is 42.8 Å². The van der Waals surface area contributed by atoms with E-state index < -0.39 is 17.9 Å². The minimum absolute atomic E-state index is 0.0429. The standard InChI is InChI=1S/C31H34FN5O6/c32-25-14-19(13-20-1-5-27(34-29(20)25)36-9-11-42-12-10-36)16-35-8-7-23(18-35)43-22-2-3-24-21(15-22)17-37(31(24)41)26(30(33)40)4-6-28(38)39/h1-3,5,13-15,23,26H,4,6-12,16-18H2,(H2,33,40)(H,38,39)/t23-,26-/m0/s1. The number of morpholine rings is 1. The third-order valence-electron chi connectivity index (χ3n) is 8.31. The van der Waals surface area contributed by atoms with Crippen molar-refractivity contribution >= 4 is 34.5 Å². The quantitative estimate of drug-likeness (QED) is 0.364. The van der Waals surface area contributed by atoms with Gasteiger partial charge in [-0.15, -0.1) is 0 Å². The number of hydrogen-bond acceptors (Lipinski definition) is 8. The number of halogens is 1. The van der Waals surface area contributed by atoms with Gasteiger partial charge in [0, 0.05) is 56.6 Å². The lowest BCUT2D eigenvalue weighted by Crippen LogP contribution is -2.45. The molecule has 0 aliphatic carbocycles. The predicted octanol–water partition coefficient (Wildman–Crippen LogP) is 2.54. The minimum Gasteiger partial charge on any atom is -0.489 e. The highest BCUT2D eigenvalue weighted by molar-refractivity contribution is 6.01. The molecule has 3 aliphatic rings. The molecule has 226 valence electrons. The monoisotopic (exact) mass is 591 g/mol. The second-order valence-corrected chi connectivity index (χ2v) is 11.3. The van der Waals surface area contributed by atoms with Gasteiger partial charge in [-0.2, -0.15) is 0 Å². The number of nitrogens with zero attached hydrogens (tertiary/aromatic N) is 4. The second-order valence-electron chi connectivity index (χ2n) is 11.3. The van der Waals surface area contributed by atoms with Gasteiger partial charge in [-0.05, 0) is 66.4 Å². The molecule has 6 rings (SSSR count). The van der Waals surface area contributed by atoms with E-state index in [1.165, 1.54) is 4.90 Å². The zero-order valence-electron chi connectivity index (χ0n) is 23.7. The van der Waals surface area contributed by atoms with Gasteiger partial charge in [-0.1, -0.05) is 0 Å². The summed E-state index contributed by atoms with van der Waals surface area (Å²) in [5.41, 5.74) is 7.89. The molecule has 0 bridgehead atoms. The van der Waals surface area contributed by atoms with E-state index in [0.29, 0.717) is 48.7 Å². The largest absolute Gasteiger partial charge is 0.489 e. The Hall–Kier alpha value is -4.29. The SMILES string of the molecule is NC(=O)[C@H](CCC(=O)O)N1Cc2cc(O[C@H]3CCN(Cc4cc(F)c5nc(N6CCOCC6)ccc5c4)C3)ccc2C1=O. The number of fused-ring (bicyclic) bond motifs is 2. The van der Waals surface area contributed by atoms with Crippen molar-refractivity contribution < 1.29 is 33.4 Å². The zero-order valence-corrected chi connectivity index (χ0v) is 23.7. The van der Waals surface area contributed by atoms with Gasteiger partial charge in [0.05, 0.1) is 13.2 Å². The highest BCUT2D eigenvalue weighted by Crippen LogP contribution is 2.31. The molecule has 0 unspecified atom stereocenters. The summed E-state index contributed by atoms with van der Waals surface area (Å²) < 4.78 is 26.8. The maximum atomic E-state index is 15.1. The Kier molecular flexibility index (Phi) is 8.13. The first-order valence-corrected chi connectivity index (χ1v) is 14.5. The van der Waals surface area contributed by atoms with Crippen molar-refractivity contribution in [2.45, 2.75) is 44.5 Å². The van der Waals surface area contributed by atoms with Gasteiger partial charge in [0.1, 0.15) is 35.0 Å². The molecule has 0 spiro atoms. The summed E-state index contributed by atoms with van der Waals surface area (Å²) in [7, 11) is 0. The Balaban J connectivity index is 1.07. The summed E-state index contributed by atoms with van der Waals surface area (Å²) >= 11 is 0. The molecule has 2 atom stereocenters. The molecule has 3 aromatic rings. The number of nitrogens with two attached hydrogens (primary N) is 1. The number of aliphatic carboxylic acids is 1. The van der Waals surface area contributed by atoms with Crippen LogP contribution in [0, 0.1) is 5.82 Å². The van der Waals surface area contributed by atoms with Crippen LogP contribution in [0.4, 0.5) is 10.2 Å². The Bertz CT molecular complexity index is 1560. The number of carbonyl (C=O) groups excluding carboxylic acids is 2. The Morgan fingerprint density at radius 3 is 2.72 bits per heavy atom. The number of benzene rings is 2. The first-order chi connectivity index (χ1) is 20.7. The molecule has 3 N–H and O–H groups in total. The molecule has 4 heterocycles. The van der Waals surface area contributed by atoms with Gasteiger partial charge in [0.15, 0.2) is 0 Å². The van der Waals surface area contributed by atoms with Crippen LogP contribution < -0.4 is 15.4 Å². The molecule has 11 nitrogen and oxygen atoms in total. The molecule has 2 fully saturated rings. The van der Waals surface area contributed by atoms with Crippen molar-refractivity contribution in [3.8, 4) is 5.75 Å². The molecule has 1 aromatic heterocycles. The van der Waals surface area contributed by atoms with Crippen molar-refractivity contribution in [3.05, 3.63) is 65.0 Å². The summed E-state index contributed by atoms with van der Waals surface area (Å²) in [6.07, 6.45) is 0.405. The fraction of sp³-hybridized carbons (Fsp3) is 0.419. The van der Waals surface area contributed by atoms with Gasteiger partial charge in [-0.25, -0.2) is 9.37 Å². The molecule has 0 saturated carbocycles. The molecular weight excluding hydrogens is 557 g/mol. The summed E-state index contributed by atoms with van der Waals surface area (Å²) in [6, 6.07) is 11.6. The van der Waals surface area contributed by atoms with Gasteiger partial charge in [0.25, 0.3) is 5.91 Å². The lowest BCUT2D eigenvalue weighted by molar-refractivity contribution is -0.137. The number of ether oxygens (including phenoxy) is 2. The number of primary amides is 1. The maximum absolute atomic E-state index is 15.1. The van der Waals surface area contributed by atoms with Crippen LogP contribution in [-0.2, 0) is 27.4 Å². The van der Waals surface area contributed by atoms with Crippen LogP contribution in [0.15, 0.2) is 42.5 Å². The van der Waals surface area contributed by atoms with Crippen LogP contribution in [0.25, 0.3) is 10.9 Å². The lowest BCUT2D eigenvalue weighted by Gasteiger charge is -2.28. The van der Waals surface area contributed by atoms with Gasteiger partial charge < -0.3 is 30.1 Å². The van der Waals surface area contributed by atoms with Gasteiger partial charge in [-0.3, -0.25) is 19.3 Å². The summed E-state index contributed by atoms with van der Waals surface area (Å²) in [5.74, 6) is -1.10. The van der Waals surface area contributed by atoms with Crippen LogP contribution in [0.2, 0.25) is 0 Å². The molecule has 0 radical (unpaired) electrons. The van der Waals surface area contributed by atoms with E-state index in [-0.39, 0.29) is 37.2 Å². The van der Waals surface area contributed by atoms with Crippen LogP contribution >= 0.6 is 0 Å². The topological polar surface area (TPSA) is 139 Å². The molecule has 2 saturated heterocycles. The van der Waals surface area contributed by atoms with E-state index in [9.17, 15) is 14.4 Å². The Labute approximate surface area is 248 Å². The Morgan fingerprint density at radius 2 is 1.95 bits per heavy atom. The predicted molar refractivity (Wildman–Crippen MR) is 155 cm³/mol. The van der Waals surface area contributed by atoms with Crippen LogP contribution in [0.1, 0.15) is 40.7 Å². The zero-order chi connectivity index (χ0) is 30.1. The fourth-order valence-corrected chi connectivity index (χ4v) is 6.14. The lowest BCUT2D eigenvalue weighted by atomic mass is 10.1. The number of anilines is 1. The molecular formula is C31H34FN5O6. The number of hydrogen-bond donors (Lipinski definition) is 2. The average Bonchev–Trinajstić information content (AvgIpc) is 3.56.